The molecule has 160 valence electrons. The first-order chi connectivity index (χ1) is 15.0. The Morgan fingerprint density at radius 2 is 2.16 bits per heavy atom. The van der Waals surface area contributed by atoms with Crippen molar-refractivity contribution < 1.29 is 9.32 Å². The fraction of sp³-hybridized carbons (Fsp3) is 0.455. The van der Waals surface area contributed by atoms with E-state index in [1.165, 1.54) is 12.1 Å². The van der Waals surface area contributed by atoms with Crippen LogP contribution in [0.2, 0.25) is 5.15 Å². The smallest absolute Gasteiger partial charge is 0.290 e. The molecule has 6 rings (SSSR count). The third-order valence-electron chi connectivity index (χ3n) is 6.77. The number of hydrogen-bond acceptors (Lipinski definition) is 6. The van der Waals surface area contributed by atoms with Gasteiger partial charge in [-0.3, -0.25) is 4.79 Å². The lowest BCUT2D eigenvalue weighted by atomic mass is 10.1. The Balaban J connectivity index is 1.12. The fourth-order valence-corrected chi connectivity index (χ4v) is 5.12. The van der Waals surface area contributed by atoms with Crippen molar-refractivity contribution in [1.82, 2.24) is 25.0 Å². The Morgan fingerprint density at radius 3 is 2.97 bits per heavy atom. The van der Waals surface area contributed by atoms with Gasteiger partial charge in [0.2, 0.25) is 5.76 Å². The molecule has 9 heteroatoms. The first-order valence-corrected chi connectivity index (χ1v) is 11.1. The Bertz CT molecular complexity index is 1160. The Hall–Kier alpha value is -2.87. The summed E-state index contributed by atoms with van der Waals surface area (Å²) >= 11 is 6.45. The van der Waals surface area contributed by atoms with E-state index in [1.807, 2.05) is 23.7 Å². The Labute approximate surface area is 184 Å². The van der Waals surface area contributed by atoms with Crippen LogP contribution in [0.25, 0.3) is 0 Å². The quantitative estimate of drug-likeness (QED) is 0.616. The molecule has 0 spiro atoms. The minimum Gasteiger partial charge on any atom is -0.356 e. The van der Waals surface area contributed by atoms with Crippen LogP contribution in [0.4, 0.5) is 5.82 Å². The second kappa shape index (κ2) is 7.09. The van der Waals surface area contributed by atoms with Gasteiger partial charge in [0.25, 0.3) is 5.91 Å². The lowest BCUT2D eigenvalue weighted by Gasteiger charge is -2.19. The highest BCUT2D eigenvalue weighted by atomic mass is 35.5. The number of amides is 1. The number of halogens is 1. The average molecular weight is 439 g/mol. The van der Waals surface area contributed by atoms with E-state index in [9.17, 15) is 4.79 Å². The molecule has 2 unspecified atom stereocenters. The van der Waals surface area contributed by atoms with Gasteiger partial charge in [-0.25, -0.2) is 9.97 Å². The number of carbonyl (C=O) groups is 1. The highest BCUT2D eigenvalue weighted by molar-refractivity contribution is 6.30. The van der Waals surface area contributed by atoms with Gasteiger partial charge >= 0.3 is 0 Å². The van der Waals surface area contributed by atoms with Gasteiger partial charge in [-0.05, 0) is 42.7 Å². The Morgan fingerprint density at radius 1 is 1.32 bits per heavy atom. The van der Waals surface area contributed by atoms with Crippen molar-refractivity contribution in [2.45, 2.75) is 31.7 Å². The molecule has 0 aromatic carbocycles. The summed E-state index contributed by atoms with van der Waals surface area (Å²) in [5.41, 5.74) is 3.61. The zero-order valence-corrected chi connectivity index (χ0v) is 18.0. The SMILES string of the molecule is Cn1cnc2c1CC[C@H]2NC(=O)c1cc(Cc2ccc(N3CC4CC4C3)nc2Cl)no1. The first-order valence-electron chi connectivity index (χ1n) is 10.7. The number of rotatable bonds is 5. The topological polar surface area (TPSA) is 89.1 Å². The molecule has 1 saturated carbocycles. The fourth-order valence-electron chi connectivity index (χ4n) is 4.90. The number of carbonyl (C=O) groups excluding carboxylic acids is 1. The number of hydrogen-bond donors (Lipinski definition) is 1. The number of anilines is 1. The number of imidazole rings is 1. The van der Waals surface area contributed by atoms with Crippen LogP contribution >= 0.6 is 11.6 Å². The standard InChI is InChI=1S/C22H23ClN6O2/c1-28-11-24-20-16(3-4-17(20)28)25-22(30)18-8-15(27-31-18)7-12-2-5-19(26-21(12)23)29-9-13-6-14(13)10-29/h2,5,8,11,13-14,16H,3-4,6-7,9-10H2,1H3,(H,25,30)/t13?,14?,16-/m1/s1. The van der Waals surface area contributed by atoms with Gasteiger partial charge in [0, 0.05) is 38.3 Å². The summed E-state index contributed by atoms with van der Waals surface area (Å²) in [6.45, 7) is 2.16. The lowest BCUT2D eigenvalue weighted by molar-refractivity contribution is 0.0898. The lowest BCUT2D eigenvalue weighted by Crippen LogP contribution is -2.27. The Kier molecular flexibility index (Phi) is 4.31. The van der Waals surface area contributed by atoms with Crippen LogP contribution in [-0.4, -0.2) is 38.7 Å². The first kappa shape index (κ1) is 18.9. The predicted octanol–water partition coefficient (Wildman–Crippen LogP) is 2.92. The molecular weight excluding hydrogens is 416 g/mol. The molecule has 31 heavy (non-hydrogen) atoms. The van der Waals surface area contributed by atoms with Gasteiger partial charge in [-0.15, -0.1) is 0 Å². The third-order valence-corrected chi connectivity index (χ3v) is 7.09. The van der Waals surface area contributed by atoms with Crippen LogP contribution in [0.5, 0.6) is 0 Å². The number of aromatic nitrogens is 4. The molecule has 2 aliphatic carbocycles. The highest BCUT2D eigenvalue weighted by Gasteiger charge is 2.45. The van der Waals surface area contributed by atoms with E-state index in [0.717, 1.165) is 54.8 Å². The van der Waals surface area contributed by atoms with Crippen LogP contribution in [0.15, 0.2) is 29.0 Å². The van der Waals surface area contributed by atoms with E-state index >= 15 is 0 Å². The van der Waals surface area contributed by atoms with E-state index in [-0.39, 0.29) is 17.7 Å². The third kappa shape index (κ3) is 3.39. The second-order valence-electron chi connectivity index (χ2n) is 8.89. The van der Waals surface area contributed by atoms with Gasteiger partial charge < -0.3 is 19.3 Å². The molecule has 0 bridgehead atoms. The number of nitrogens with zero attached hydrogens (tertiary/aromatic N) is 5. The molecular formula is C22H23ClN6O2. The molecule has 4 heterocycles. The number of aryl methyl sites for hydroxylation is 1. The van der Waals surface area contributed by atoms with Crippen molar-refractivity contribution in [2.75, 3.05) is 18.0 Å². The van der Waals surface area contributed by atoms with Crippen molar-refractivity contribution in [2.24, 2.45) is 18.9 Å². The van der Waals surface area contributed by atoms with Crippen LogP contribution < -0.4 is 10.2 Å². The van der Waals surface area contributed by atoms with Crippen LogP contribution in [0.3, 0.4) is 0 Å². The number of piperidine rings is 1. The maximum absolute atomic E-state index is 12.6. The van der Waals surface area contributed by atoms with Crippen LogP contribution in [0, 0.1) is 11.8 Å². The van der Waals surface area contributed by atoms with Crippen molar-refractivity contribution in [3.8, 4) is 0 Å². The zero-order valence-electron chi connectivity index (χ0n) is 17.2. The zero-order chi connectivity index (χ0) is 21.1. The van der Waals surface area contributed by atoms with E-state index in [4.69, 9.17) is 16.1 Å². The number of pyridine rings is 1. The van der Waals surface area contributed by atoms with Crippen molar-refractivity contribution >= 4 is 23.3 Å². The summed E-state index contributed by atoms with van der Waals surface area (Å²) < 4.78 is 7.31. The van der Waals surface area contributed by atoms with E-state index in [1.54, 1.807) is 12.4 Å². The molecule has 2 fully saturated rings. The minimum absolute atomic E-state index is 0.0972. The molecule has 3 atom stereocenters. The van der Waals surface area contributed by atoms with E-state index in [0.29, 0.717) is 17.3 Å². The summed E-state index contributed by atoms with van der Waals surface area (Å²) in [4.78, 5) is 24.0. The van der Waals surface area contributed by atoms with Crippen LogP contribution in [0.1, 0.15) is 52.1 Å². The maximum atomic E-state index is 12.6. The van der Waals surface area contributed by atoms with Crippen LogP contribution in [-0.2, 0) is 19.9 Å². The van der Waals surface area contributed by atoms with Gasteiger partial charge in [-0.1, -0.05) is 22.8 Å². The molecule has 0 radical (unpaired) electrons. The molecule has 1 saturated heterocycles. The summed E-state index contributed by atoms with van der Waals surface area (Å²) in [7, 11) is 1.97. The van der Waals surface area contributed by atoms with Gasteiger partial charge in [0.1, 0.15) is 11.0 Å². The van der Waals surface area contributed by atoms with Gasteiger partial charge in [-0.2, -0.15) is 0 Å². The van der Waals surface area contributed by atoms with Crippen molar-refractivity contribution in [3.05, 3.63) is 58.1 Å². The predicted molar refractivity (Wildman–Crippen MR) is 114 cm³/mol. The summed E-state index contributed by atoms with van der Waals surface area (Å²) in [5.74, 6) is 2.53. The second-order valence-corrected chi connectivity index (χ2v) is 9.25. The summed E-state index contributed by atoms with van der Waals surface area (Å²) in [6, 6.07) is 5.58. The summed E-state index contributed by atoms with van der Waals surface area (Å²) in [5, 5.41) is 7.54. The summed E-state index contributed by atoms with van der Waals surface area (Å²) in [6.07, 6.45) is 5.34. The van der Waals surface area contributed by atoms with Crippen molar-refractivity contribution in [3.63, 3.8) is 0 Å². The minimum atomic E-state index is -0.283. The normalized spacial score (nSPS) is 23.7. The van der Waals surface area contributed by atoms with E-state index in [2.05, 4.69) is 25.3 Å². The number of nitrogens with one attached hydrogen (secondary N) is 1. The van der Waals surface area contributed by atoms with Gasteiger partial charge in [0.05, 0.1) is 23.8 Å². The van der Waals surface area contributed by atoms with Gasteiger partial charge in [0.15, 0.2) is 0 Å². The molecule has 1 amide bonds. The molecule has 1 N–H and O–H groups in total. The molecule has 1 aliphatic heterocycles. The maximum Gasteiger partial charge on any atom is 0.290 e. The molecule has 3 aromatic heterocycles. The number of fused-ring (bicyclic) bond motifs is 2. The molecule has 3 aromatic rings. The van der Waals surface area contributed by atoms with Crippen molar-refractivity contribution in [1.29, 1.82) is 0 Å². The molecule has 8 nitrogen and oxygen atoms in total. The average Bonchev–Trinajstić information content (AvgIpc) is 3.22. The highest BCUT2D eigenvalue weighted by Crippen LogP contribution is 2.46. The largest absolute Gasteiger partial charge is 0.356 e. The monoisotopic (exact) mass is 438 g/mol. The molecule has 3 aliphatic rings. The van der Waals surface area contributed by atoms with E-state index < -0.39 is 0 Å².